The highest BCUT2D eigenvalue weighted by Gasteiger charge is 2.16. The zero-order valence-corrected chi connectivity index (χ0v) is 10.8. The molecule has 7 heteroatoms. The summed E-state index contributed by atoms with van der Waals surface area (Å²) in [5, 5.41) is 5.29. The predicted octanol–water partition coefficient (Wildman–Crippen LogP) is 0.825. The van der Waals surface area contributed by atoms with Crippen LogP contribution in [0.4, 0.5) is 5.82 Å². The van der Waals surface area contributed by atoms with Crippen molar-refractivity contribution in [2.45, 2.75) is 13.0 Å². The Bertz CT molecular complexity index is 422. The van der Waals surface area contributed by atoms with E-state index in [0.717, 1.165) is 0 Å². The highest BCUT2D eigenvalue weighted by atomic mass is 35.5. The second-order valence-corrected chi connectivity index (χ2v) is 4.08. The highest BCUT2D eigenvalue weighted by Crippen LogP contribution is 2.09. The molecule has 0 spiro atoms. The van der Waals surface area contributed by atoms with E-state index in [4.69, 9.17) is 16.3 Å². The largest absolute Gasteiger partial charge is 0.383 e. The molecule has 1 rings (SSSR count). The fourth-order valence-corrected chi connectivity index (χ4v) is 1.32. The van der Waals surface area contributed by atoms with Crippen molar-refractivity contribution in [1.82, 2.24) is 10.3 Å². The quantitative estimate of drug-likeness (QED) is 0.795. The summed E-state index contributed by atoms with van der Waals surface area (Å²) in [6.07, 6.45) is 1.38. The number of halogens is 1. The smallest absolute Gasteiger partial charge is 0.314 e. The Hall–Kier alpha value is -1.66. The minimum atomic E-state index is -0.784. The second kappa shape index (κ2) is 6.93. The van der Waals surface area contributed by atoms with Gasteiger partial charge in [0.25, 0.3) is 0 Å². The van der Waals surface area contributed by atoms with Crippen molar-refractivity contribution < 1.29 is 14.3 Å². The summed E-state index contributed by atoms with van der Waals surface area (Å²) in [5.74, 6) is -1.26. The second-order valence-electron chi connectivity index (χ2n) is 3.65. The number of pyridine rings is 1. The van der Waals surface area contributed by atoms with Crippen molar-refractivity contribution in [2.75, 3.05) is 19.0 Å². The minimum absolute atomic E-state index is 0.244. The molecule has 1 aromatic rings. The molecule has 2 amide bonds. The first-order valence-corrected chi connectivity index (χ1v) is 5.63. The van der Waals surface area contributed by atoms with Gasteiger partial charge in [-0.25, -0.2) is 4.98 Å². The van der Waals surface area contributed by atoms with Crippen LogP contribution in [-0.4, -0.2) is 36.6 Å². The van der Waals surface area contributed by atoms with Crippen molar-refractivity contribution in [3.63, 3.8) is 0 Å². The Morgan fingerprint density at radius 3 is 2.72 bits per heavy atom. The summed E-state index contributed by atoms with van der Waals surface area (Å²) in [7, 11) is 1.51. The molecule has 0 unspecified atom stereocenters. The van der Waals surface area contributed by atoms with E-state index in [2.05, 4.69) is 15.6 Å². The average molecular weight is 272 g/mol. The molecule has 0 aliphatic heterocycles. The van der Waals surface area contributed by atoms with Crippen LogP contribution in [-0.2, 0) is 14.3 Å². The Labute approximate surface area is 110 Å². The van der Waals surface area contributed by atoms with Crippen molar-refractivity contribution in [3.8, 4) is 0 Å². The first kappa shape index (κ1) is 14.4. The Balaban J connectivity index is 2.49. The molecule has 0 saturated heterocycles. The summed E-state index contributed by atoms with van der Waals surface area (Å²) in [6, 6.07) is 2.83. The van der Waals surface area contributed by atoms with Crippen LogP contribution in [0.5, 0.6) is 0 Å². The van der Waals surface area contributed by atoms with Crippen molar-refractivity contribution in [3.05, 3.63) is 23.4 Å². The number of carbonyl (C=O) groups is 2. The van der Waals surface area contributed by atoms with E-state index in [-0.39, 0.29) is 11.9 Å². The van der Waals surface area contributed by atoms with Crippen LogP contribution >= 0.6 is 11.6 Å². The number of hydrogen-bond donors (Lipinski definition) is 2. The van der Waals surface area contributed by atoms with E-state index in [0.29, 0.717) is 11.6 Å². The molecule has 1 heterocycles. The maximum Gasteiger partial charge on any atom is 0.314 e. The first-order chi connectivity index (χ1) is 8.52. The van der Waals surface area contributed by atoms with Crippen LogP contribution in [0.15, 0.2) is 18.3 Å². The van der Waals surface area contributed by atoms with E-state index >= 15 is 0 Å². The average Bonchev–Trinajstić information content (AvgIpc) is 2.32. The molecular formula is C11H14ClN3O3. The van der Waals surface area contributed by atoms with Crippen molar-refractivity contribution in [2.24, 2.45) is 0 Å². The molecule has 98 valence electrons. The predicted molar refractivity (Wildman–Crippen MR) is 67.4 cm³/mol. The van der Waals surface area contributed by atoms with Crippen molar-refractivity contribution >= 4 is 29.2 Å². The summed E-state index contributed by atoms with van der Waals surface area (Å²) in [6.45, 7) is 2.06. The molecule has 0 aromatic carbocycles. The van der Waals surface area contributed by atoms with E-state index < -0.39 is 11.8 Å². The Morgan fingerprint density at radius 2 is 2.17 bits per heavy atom. The van der Waals surface area contributed by atoms with Gasteiger partial charge in [0.2, 0.25) is 0 Å². The van der Waals surface area contributed by atoms with Gasteiger partial charge in [-0.1, -0.05) is 11.6 Å². The van der Waals surface area contributed by atoms with Gasteiger partial charge < -0.3 is 15.4 Å². The van der Waals surface area contributed by atoms with Gasteiger partial charge in [-0.3, -0.25) is 9.59 Å². The maximum atomic E-state index is 11.5. The normalized spacial score (nSPS) is 11.7. The number of methoxy groups -OCH3 is 1. The molecule has 0 aliphatic carbocycles. The van der Waals surface area contributed by atoms with Crippen LogP contribution in [0.3, 0.4) is 0 Å². The van der Waals surface area contributed by atoms with E-state index in [1.54, 1.807) is 13.0 Å². The SMILES string of the molecule is COC[C@@H](C)NC(=O)C(=O)Nc1ccc(Cl)cn1. The molecule has 0 fully saturated rings. The van der Waals surface area contributed by atoms with E-state index in [1.165, 1.54) is 19.4 Å². The number of hydrogen-bond acceptors (Lipinski definition) is 4. The van der Waals surface area contributed by atoms with Gasteiger partial charge in [0, 0.05) is 19.3 Å². The zero-order valence-electron chi connectivity index (χ0n) is 10.1. The van der Waals surface area contributed by atoms with Gasteiger partial charge in [-0.05, 0) is 19.1 Å². The highest BCUT2D eigenvalue weighted by molar-refractivity contribution is 6.39. The molecule has 2 N–H and O–H groups in total. The summed E-state index contributed by atoms with van der Waals surface area (Å²) < 4.78 is 4.84. The van der Waals surface area contributed by atoms with E-state index in [1.807, 2.05) is 0 Å². The lowest BCUT2D eigenvalue weighted by atomic mass is 10.3. The molecule has 18 heavy (non-hydrogen) atoms. The first-order valence-electron chi connectivity index (χ1n) is 5.25. The standard InChI is InChI=1S/C11H14ClN3O3/c1-7(6-18-2)14-10(16)11(17)15-9-4-3-8(12)5-13-9/h3-5,7H,6H2,1-2H3,(H,14,16)(H,13,15,17)/t7-/m1/s1. The third kappa shape index (κ3) is 4.68. The van der Waals surface area contributed by atoms with Crippen LogP contribution in [0.2, 0.25) is 5.02 Å². The topological polar surface area (TPSA) is 80.3 Å². The molecule has 1 atom stereocenters. The zero-order chi connectivity index (χ0) is 13.5. The monoisotopic (exact) mass is 271 g/mol. The molecule has 0 saturated carbocycles. The number of rotatable bonds is 4. The Morgan fingerprint density at radius 1 is 1.44 bits per heavy atom. The lowest BCUT2D eigenvalue weighted by Gasteiger charge is -2.12. The third-order valence-corrected chi connectivity index (χ3v) is 2.19. The summed E-state index contributed by atoms with van der Waals surface area (Å²) in [4.78, 5) is 26.8. The van der Waals surface area contributed by atoms with E-state index in [9.17, 15) is 9.59 Å². The summed E-state index contributed by atoms with van der Waals surface area (Å²) >= 11 is 5.65. The van der Waals surface area contributed by atoms with Gasteiger partial charge >= 0.3 is 11.8 Å². The molecule has 0 radical (unpaired) electrons. The van der Waals surface area contributed by atoms with Crippen LogP contribution in [0.25, 0.3) is 0 Å². The van der Waals surface area contributed by atoms with Gasteiger partial charge in [0.05, 0.1) is 11.6 Å². The lowest BCUT2D eigenvalue weighted by Crippen LogP contribution is -2.42. The number of ether oxygens (including phenoxy) is 1. The molecule has 6 nitrogen and oxygen atoms in total. The number of amides is 2. The number of nitrogens with zero attached hydrogens (tertiary/aromatic N) is 1. The molecular weight excluding hydrogens is 258 g/mol. The number of anilines is 1. The molecule has 0 aliphatic rings. The van der Waals surface area contributed by atoms with Gasteiger partial charge in [0.15, 0.2) is 0 Å². The molecule has 0 bridgehead atoms. The Kier molecular flexibility index (Phi) is 5.54. The van der Waals surface area contributed by atoms with Gasteiger partial charge in [-0.2, -0.15) is 0 Å². The molecule has 1 aromatic heterocycles. The number of nitrogens with one attached hydrogen (secondary N) is 2. The van der Waals surface area contributed by atoms with Crippen LogP contribution in [0, 0.1) is 0 Å². The van der Waals surface area contributed by atoms with Gasteiger partial charge in [0.1, 0.15) is 5.82 Å². The van der Waals surface area contributed by atoms with Crippen LogP contribution < -0.4 is 10.6 Å². The fraction of sp³-hybridized carbons (Fsp3) is 0.364. The maximum absolute atomic E-state index is 11.5. The third-order valence-electron chi connectivity index (χ3n) is 1.97. The van der Waals surface area contributed by atoms with Gasteiger partial charge in [-0.15, -0.1) is 0 Å². The number of carbonyl (C=O) groups excluding carboxylic acids is 2. The minimum Gasteiger partial charge on any atom is -0.383 e. The lowest BCUT2D eigenvalue weighted by molar-refractivity contribution is -0.136. The van der Waals surface area contributed by atoms with Crippen molar-refractivity contribution in [1.29, 1.82) is 0 Å². The fourth-order valence-electron chi connectivity index (χ4n) is 1.20. The number of aromatic nitrogens is 1. The summed E-state index contributed by atoms with van der Waals surface area (Å²) in [5.41, 5.74) is 0. The van der Waals surface area contributed by atoms with Crippen LogP contribution in [0.1, 0.15) is 6.92 Å².